The van der Waals surface area contributed by atoms with E-state index < -0.39 is 11.5 Å². The molecule has 0 unspecified atom stereocenters. The molecule has 2 N–H and O–H groups in total. The summed E-state index contributed by atoms with van der Waals surface area (Å²) in [5.41, 5.74) is 1.52. The van der Waals surface area contributed by atoms with Crippen molar-refractivity contribution < 1.29 is 4.79 Å². The number of hydrogen-bond acceptors (Lipinski definition) is 3. The van der Waals surface area contributed by atoms with Gasteiger partial charge in [0.25, 0.3) is 11.5 Å². The normalized spacial score (nSPS) is 10.6. The van der Waals surface area contributed by atoms with Gasteiger partial charge in [-0.25, -0.2) is 4.52 Å². The summed E-state index contributed by atoms with van der Waals surface area (Å²) in [5.74, 6) is -0.401. The summed E-state index contributed by atoms with van der Waals surface area (Å²) in [6.45, 7) is 0.320. The summed E-state index contributed by atoms with van der Waals surface area (Å²) in [4.78, 5) is 25.9. The van der Waals surface area contributed by atoms with E-state index in [1.165, 1.54) is 12.3 Å². The number of aromatic nitrogens is 3. The molecule has 3 rings (SSSR count). The van der Waals surface area contributed by atoms with Crippen molar-refractivity contribution in [2.45, 2.75) is 6.54 Å². The Kier molecular flexibility index (Phi) is 3.04. The average Bonchev–Trinajstić information content (AvgIpc) is 2.88. The molecule has 0 aliphatic carbocycles. The molecule has 0 spiro atoms. The van der Waals surface area contributed by atoms with E-state index in [1.54, 1.807) is 16.8 Å². The Bertz CT molecular complexity index is 819. The first-order chi connectivity index (χ1) is 9.75. The number of carbonyl (C=O) groups excluding carboxylic acids is 1. The van der Waals surface area contributed by atoms with Crippen molar-refractivity contribution >= 4 is 11.4 Å². The molecule has 0 aliphatic rings. The van der Waals surface area contributed by atoms with Crippen LogP contribution in [0.4, 0.5) is 0 Å². The third kappa shape index (κ3) is 2.18. The van der Waals surface area contributed by atoms with Gasteiger partial charge in [0.05, 0.1) is 11.7 Å². The van der Waals surface area contributed by atoms with Crippen LogP contribution in [0.3, 0.4) is 0 Å². The minimum absolute atomic E-state index is 0.101. The van der Waals surface area contributed by atoms with Crippen LogP contribution in [0, 0.1) is 0 Å². The third-order valence-electron chi connectivity index (χ3n) is 3.01. The largest absolute Gasteiger partial charge is 0.348 e. The van der Waals surface area contributed by atoms with E-state index in [2.05, 4.69) is 15.4 Å². The Morgan fingerprint density at radius 3 is 3.05 bits per heavy atom. The van der Waals surface area contributed by atoms with Gasteiger partial charge in [-0.2, -0.15) is 5.10 Å². The van der Waals surface area contributed by atoms with Gasteiger partial charge >= 0.3 is 0 Å². The maximum absolute atomic E-state index is 11.9. The van der Waals surface area contributed by atoms with Gasteiger partial charge in [-0.1, -0.05) is 6.07 Å². The molecule has 20 heavy (non-hydrogen) atoms. The summed E-state index contributed by atoms with van der Waals surface area (Å²) in [5, 5.41) is 6.91. The summed E-state index contributed by atoms with van der Waals surface area (Å²) >= 11 is 0. The van der Waals surface area contributed by atoms with Crippen LogP contribution >= 0.6 is 0 Å². The summed E-state index contributed by atoms with van der Waals surface area (Å²) in [6, 6.07) is 8.82. The third-order valence-corrected chi connectivity index (χ3v) is 3.01. The van der Waals surface area contributed by atoms with Crippen molar-refractivity contribution in [3.63, 3.8) is 0 Å². The quantitative estimate of drug-likeness (QED) is 0.742. The molecule has 0 aliphatic heterocycles. The van der Waals surface area contributed by atoms with E-state index in [-0.39, 0.29) is 5.56 Å². The maximum Gasteiger partial charge on any atom is 0.260 e. The van der Waals surface area contributed by atoms with Gasteiger partial charge in [-0.15, -0.1) is 0 Å². The van der Waals surface area contributed by atoms with Crippen molar-refractivity contribution in [1.29, 1.82) is 0 Å². The monoisotopic (exact) mass is 268 g/mol. The second-order valence-corrected chi connectivity index (χ2v) is 4.30. The minimum Gasteiger partial charge on any atom is -0.348 e. The summed E-state index contributed by atoms with van der Waals surface area (Å²) in [6.07, 6.45) is 5.03. The van der Waals surface area contributed by atoms with E-state index in [0.717, 1.165) is 11.1 Å². The number of nitrogens with zero attached hydrogens (tertiary/aromatic N) is 2. The van der Waals surface area contributed by atoms with Crippen molar-refractivity contribution in [1.82, 2.24) is 19.9 Å². The summed E-state index contributed by atoms with van der Waals surface area (Å²) in [7, 11) is 0. The molecular weight excluding hydrogens is 256 g/mol. The Labute approximate surface area is 114 Å². The smallest absolute Gasteiger partial charge is 0.260 e. The first-order valence-electron chi connectivity index (χ1n) is 6.13. The van der Waals surface area contributed by atoms with Crippen molar-refractivity contribution in [2.75, 3.05) is 0 Å². The van der Waals surface area contributed by atoms with Crippen LogP contribution in [-0.2, 0) is 6.54 Å². The Morgan fingerprint density at radius 2 is 2.20 bits per heavy atom. The van der Waals surface area contributed by atoms with Crippen molar-refractivity contribution in [2.24, 2.45) is 0 Å². The lowest BCUT2D eigenvalue weighted by Gasteiger charge is -2.03. The number of nitrogens with one attached hydrogen (secondary N) is 2. The Balaban J connectivity index is 1.79. The van der Waals surface area contributed by atoms with E-state index in [1.807, 2.05) is 24.4 Å². The molecule has 6 heteroatoms. The average molecular weight is 268 g/mol. The van der Waals surface area contributed by atoms with Crippen LogP contribution < -0.4 is 10.9 Å². The van der Waals surface area contributed by atoms with Gasteiger partial charge in [0.2, 0.25) is 0 Å². The summed E-state index contributed by atoms with van der Waals surface area (Å²) < 4.78 is 1.73. The predicted molar refractivity (Wildman–Crippen MR) is 73.4 cm³/mol. The van der Waals surface area contributed by atoms with Crippen molar-refractivity contribution in [3.8, 4) is 0 Å². The van der Waals surface area contributed by atoms with Gasteiger partial charge in [-0.05, 0) is 24.3 Å². The highest BCUT2D eigenvalue weighted by atomic mass is 16.2. The van der Waals surface area contributed by atoms with Crippen LogP contribution in [-0.4, -0.2) is 20.5 Å². The fourth-order valence-electron chi connectivity index (χ4n) is 1.99. The molecule has 0 saturated heterocycles. The molecule has 1 amide bonds. The van der Waals surface area contributed by atoms with Crippen LogP contribution in [0.2, 0.25) is 0 Å². The SMILES string of the molecule is O=C(NCc1cnn2ccccc12)c1ccc[nH]c1=O. The molecule has 0 saturated carbocycles. The molecule has 3 aromatic rings. The number of pyridine rings is 2. The molecular formula is C14H12N4O2. The van der Waals surface area contributed by atoms with E-state index >= 15 is 0 Å². The Hall–Kier alpha value is -2.89. The van der Waals surface area contributed by atoms with Crippen LogP contribution in [0.5, 0.6) is 0 Å². The van der Waals surface area contributed by atoms with Crippen LogP contribution in [0.25, 0.3) is 5.52 Å². The molecule has 0 atom stereocenters. The molecule has 0 radical (unpaired) electrons. The van der Waals surface area contributed by atoms with Crippen LogP contribution in [0.15, 0.2) is 53.7 Å². The first kappa shape index (κ1) is 12.2. The zero-order valence-electron chi connectivity index (χ0n) is 10.5. The van der Waals surface area contributed by atoms with Gasteiger partial charge in [0.15, 0.2) is 0 Å². The first-order valence-corrected chi connectivity index (χ1v) is 6.13. The number of rotatable bonds is 3. The number of carbonyl (C=O) groups is 1. The zero-order valence-corrected chi connectivity index (χ0v) is 10.5. The van der Waals surface area contributed by atoms with Gasteiger partial charge < -0.3 is 10.3 Å². The molecule has 0 bridgehead atoms. The molecule has 100 valence electrons. The lowest BCUT2D eigenvalue weighted by Crippen LogP contribution is -2.28. The zero-order chi connectivity index (χ0) is 13.9. The van der Waals surface area contributed by atoms with E-state index in [4.69, 9.17) is 0 Å². The fraction of sp³-hybridized carbons (Fsp3) is 0.0714. The van der Waals surface area contributed by atoms with Gasteiger partial charge in [0.1, 0.15) is 5.56 Å². The number of aromatic amines is 1. The molecule has 0 fully saturated rings. The maximum atomic E-state index is 11.9. The molecule has 3 aromatic heterocycles. The lowest BCUT2D eigenvalue weighted by molar-refractivity contribution is 0.0949. The van der Waals surface area contributed by atoms with Crippen LogP contribution in [0.1, 0.15) is 15.9 Å². The minimum atomic E-state index is -0.401. The molecule has 3 heterocycles. The number of H-pyrrole nitrogens is 1. The van der Waals surface area contributed by atoms with E-state index in [0.29, 0.717) is 6.54 Å². The topological polar surface area (TPSA) is 79.3 Å². The second-order valence-electron chi connectivity index (χ2n) is 4.30. The molecule has 6 nitrogen and oxygen atoms in total. The highest BCUT2D eigenvalue weighted by Gasteiger charge is 2.10. The highest BCUT2D eigenvalue weighted by molar-refractivity contribution is 5.93. The number of fused-ring (bicyclic) bond motifs is 1. The highest BCUT2D eigenvalue weighted by Crippen LogP contribution is 2.09. The predicted octanol–water partition coefficient (Wildman–Crippen LogP) is 0.953. The lowest BCUT2D eigenvalue weighted by atomic mass is 10.2. The van der Waals surface area contributed by atoms with E-state index in [9.17, 15) is 9.59 Å². The van der Waals surface area contributed by atoms with Crippen molar-refractivity contribution in [3.05, 3.63) is 70.4 Å². The van der Waals surface area contributed by atoms with Gasteiger partial charge in [-0.3, -0.25) is 9.59 Å². The molecule has 0 aromatic carbocycles. The number of hydrogen-bond donors (Lipinski definition) is 2. The van der Waals surface area contributed by atoms with Gasteiger partial charge in [0, 0.05) is 24.5 Å². The standard InChI is InChI=1S/C14H12N4O2/c19-13-11(4-3-6-15-13)14(20)16-8-10-9-17-18-7-2-1-5-12(10)18/h1-7,9H,8H2,(H,15,19)(H,16,20). The second kappa shape index (κ2) is 5.00. The Morgan fingerprint density at radius 1 is 1.30 bits per heavy atom. The fourth-order valence-corrected chi connectivity index (χ4v) is 1.99. The number of amides is 1.